The normalized spacial score (nSPS) is 10.6. The summed E-state index contributed by atoms with van der Waals surface area (Å²) in [6.45, 7) is 2.47. The number of ether oxygens (including phenoxy) is 1. The second kappa shape index (κ2) is 4.70. The molecule has 4 heteroatoms. The van der Waals surface area contributed by atoms with Crippen LogP contribution in [0.25, 0.3) is 10.9 Å². The number of aromatic nitrogens is 1. The highest BCUT2D eigenvalue weighted by molar-refractivity contribution is 9.10. The van der Waals surface area contributed by atoms with Crippen LogP contribution in [0.2, 0.25) is 0 Å². The summed E-state index contributed by atoms with van der Waals surface area (Å²) >= 11 is 3.47. The maximum Gasteiger partial charge on any atom is 0.325 e. The number of esters is 1. The number of halogens is 1. The molecule has 1 aromatic heterocycles. The van der Waals surface area contributed by atoms with E-state index in [1.165, 1.54) is 0 Å². The number of rotatable bonds is 3. The zero-order valence-electron chi connectivity index (χ0n) is 8.94. The Hall–Kier alpha value is -1.29. The molecule has 0 saturated heterocycles. The van der Waals surface area contributed by atoms with Gasteiger partial charge in [0.2, 0.25) is 0 Å². The van der Waals surface area contributed by atoms with E-state index in [1.54, 1.807) is 0 Å². The summed E-state index contributed by atoms with van der Waals surface area (Å²) in [7, 11) is 0. The number of carbonyl (C=O) groups is 1. The lowest BCUT2D eigenvalue weighted by atomic mass is 10.2. The van der Waals surface area contributed by atoms with Crippen LogP contribution in [0.3, 0.4) is 0 Å². The van der Waals surface area contributed by atoms with Gasteiger partial charge in [-0.25, -0.2) is 0 Å². The summed E-state index contributed by atoms with van der Waals surface area (Å²) in [5, 5.41) is 1.10. The van der Waals surface area contributed by atoms with E-state index >= 15 is 0 Å². The van der Waals surface area contributed by atoms with Crippen molar-refractivity contribution < 1.29 is 9.53 Å². The highest BCUT2D eigenvalue weighted by atomic mass is 79.9. The summed E-state index contributed by atoms with van der Waals surface area (Å²) in [4.78, 5) is 11.4. The zero-order chi connectivity index (χ0) is 11.5. The molecule has 0 saturated carbocycles. The summed E-state index contributed by atoms with van der Waals surface area (Å²) in [6.07, 6.45) is 1.90. The molecule has 1 aromatic carbocycles. The van der Waals surface area contributed by atoms with Gasteiger partial charge in [0.15, 0.2) is 0 Å². The summed E-state index contributed by atoms with van der Waals surface area (Å²) in [6, 6.07) is 7.93. The predicted octanol–water partition coefficient (Wildman–Crippen LogP) is 2.97. The van der Waals surface area contributed by atoms with Crippen molar-refractivity contribution in [1.82, 2.24) is 4.57 Å². The number of hydrogen-bond donors (Lipinski definition) is 0. The fourth-order valence-electron chi connectivity index (χ4n) is 1.68. The molecule has 16 heavy (non-hydrogen) atoms. The Morgan fingerprint density at radius 1 is 1.44 bits per heavy atom. The molecule has 0 unspecified atom stereocenters. The Labute approximate surface area is 102 Å². The van der Waals surface area contributed by atoms with Gasteiger partial charge in [-0.3, -0.25) is 4.79 Å². The van der Waals surface area contributed by atoms with Gasteiger partial charge in [-0.05, 0) is 28.9 Å². The lowest BCUT2D eigenvalue weighted by molar-refractivity contribution is -0.143. The van der Waals surface area contributed by atoms with Gasteiger partial charge >= 0.3 is 5.97 Å². The monoisotopic (exact) mass is 281 g/mol. The molecule has 2 rings (SSSR count). The van der Waals surface area contributed by atoms with Crippen LogP contribution >= 0.6 is 15.9 Å². The van der Waals surface area contributed by atoms with Gasteiger partial charge in [0.05, 0.1) is 6.61 Å². The molecule has 1 heterocycles. The first-order chi connectivity index (χ1) is 7.72. The Kier molecular flexibility index (Phi) is 3.29. The number of hydrogen-bond acceptors (Lipinski definition) is 2. The third-order valence-corrected chi connectivity index (χ3v) is 2.98. The van der Waals surface area contributed by atoms with Crippen molar-refractivity contribution in [1.29, 1.82) is 0 Å². The van der Waals surface area contributed by atoms with E-state index in [-0.39, 0.29) is 12.5 Å². The number of fused-ring (bicyclic) bond motifs is 1. The molecule has 0 aliphatic heterocycles. The average molecular weight is 282 g/mol. The van der Waals surface area contributed by atoms with Crippen LogP contribution < -0.4 is 0 Å². The van der Waals surface area contributed by atoms with Crippen LogP contribution in [0.1, 0.15) is 6.92 Å². The topological polar surface area (TPSA) is 31.2 Å². The molecular weight excluding hydrogens is 270 g/mol. The molecule has 0 amide bonds. The van der Waals surface area contributed by atoms with Crippen LogP contribution in [-0.4, -0.2) is 17.1 Å². The molecule has 0 aliphatic carbocycles. The van der Waals surface area contributed by atoms with Gasteiger partial charge < -0.3 is 9.30 Å². The van der Waals surface area contributed by atoms with Crippen molar-refractivity contribution >= 4 is 32.8 Å². The maximum absolute atomic E-state index is 11.4. The largest absolute Gasteiger partial charge is 0.465 e. The summed E-state index contributed by atoms with van der Waals surface area (Å²) < 4.78 is 7.81. The molecule has 0 fully saturated rings. The first kappa shape index (κ1) is 11.2. The molecule has 0 aliphatic rings. The molecule has 0 bridgehead atoms. The van der Waals surface area contributed by atoms with Crippen molar-refractivity contribution in [2.45, 2.75) is 13.5 Å². The zero-order valence-corrected chi connectivity index (χ0v) is 10.5. The highest BCUT2D eigenvalue weighted by Crippen LogP contribution is 2.25. The van der Waals surface area contributed by atoms with Crippen LogP contribution in [0.4, 0.5) is 0 Å². The minimum absolute atomic E-state index is 0.212. The molecule has 3 nitrogen and oxygen atoms in total. The molecule has 0 radical (unpaired) electrons. The quantitative estimate of drug-likeness (QED) is 0.810. The van der Waals surface area contributed by atoms with Crippen LogP contribution in [0.15, 0.2) is 34.9 Å². The fraction of sp³-hybridized carbons (Fsp3) is 0.250. The predicted molar refractivity (Wildman–Crippen MR) is 66.3 cm³/mol. The van der Waals surface area contributed by atoms with E-state index in [0.717, 1.165) is 15.4 Å². The van der Waals surface area contributed by atoms with Crippen LogP contribution in [-0.2, 0) is 16.1 Å². The molecular formula is C12H12BrNO2. The smallest absolute Gasteiger partial charge is 0.325 e. The first-order valence-electron chi connectivity index (χ1n) is 5.11. The third-order valence-electron chi connectivity index (χ3n) is 2.34. The number of para-hydroxylation sites is 1. The van der Waals surface area contributed by atoms with Crippen molar-refractivity contribution in [3.8, 4) is 0 Å². The second-order valence-electron chi connectivity index (χ2n) is 3.43. The molecule has 2 aromatic rings. The van der Waals surface area contributed by atoms with Crippen LogP contribution in [0.5, 0.6) is 0 Å². The van der Waals surface area contributed by atoms with Crippen molar-refractivity contribution in [2.75, 3.05) is 6.61 Å². The van der Waals surface area contributed by atoms with E-state index in [4.69, 9.17) is 4.74 Å². The van der Waals surface area contributed by atoms with Crippen molar-refractivity contribution in [3.05, 3.63) is 34.9 Å². The van der Waals surface area contributed by atoms with Gasteiger partial charge in [-0.1, -0.05) is 18.2 Å². The van der Waals surface area contributed by atoms with E-state index in [1.807, 2.05) is 42.0 Å². The number of carbonyl (C=O) groups excluding carboxylic acids is 1. The Bertz CT molecular complexity index is 519. The van der Waals surface area contributed by atoms with Crippen LogP contribution in [0, 0.1) is 0 Å². The molecule has 0 atom stereocenters. The van der Waals surface area contributed by atoms with Gasteiger partial charge in [0, 0.05) is 21.6 Å². The Morgan fingerprint density at radius 2 is 2.19 bits per heavy atom. The van der Waals surface area contributed by atoms with Gasteiger partial charge in [0.1, 0.15) is 6.54 Å². The highest BCUT2D eigenvalue weighted by Gasteiger charge is 2.09. The van der Waals surface area contributed by atoms with Gasteiger partial charge in [-0.15, -0.1) is 0 Å². The third kappa shape index (κ3) is 2.11. The molecule has 0 N–H and O–H groups in total. The van der Waals surface area contributed by atoms with Crippen molar-refractivity contribution in [2.24, 2.45) is 0 Å². The molecule has 0 spiro atoms. The van der Waals surface area contributed by atoms with Gasteiger partial charge in [-0.2, -0.15) is 0 Å². The van der Waals surface area contributed by atoms with Crippen molar-refractivity contribution in [3.63, 3.8) is 0 Å². The van der Waals surface area contributed by atoms with E-state index in [9.17, 15) is 4.79 Å². The SMILES string of the molecule is CCOC(=O)Cn1cc(Br)c2ccccc21. The maximum atomic E-state index is 11.4. The standard InChI is InChI=1S/C12H12BrNO2/c1-2-16-12(15)8-14-7-10(13)9-5-3-4-6-11(9)14/h3-7H,2,8H2,1H3. The fourth-order valence-corrected chi connectivity index (χ4v) is 2.26. The van der Waals surface area contributed by atoms with E-state index < -0.39 is 0 Å². The minimum Gasteiger partial charge on any atom is -0.465 e. The second-order valence-corrected chi connectivity index (χ2v) is 4.28. The Morgan fingerprint density at radius 3 is 2.94 bits per heavy atom. The van der Waals surface area contributed by atoms with E-state index in [0.29, 0.717) is 6.61 Å². The lowest BCUT2D eigenvalue weighted by Crippen LogP contribution is -2.12. The average Bonchev–Trinajstić information content (AvgIpc) is 2.57. The molecule has 84 valence electrons. The summed E-state index contributed by atoms with van der Waals surface area (Å²) in [5.41, 5.74) is 1.03. The number of nitrogens with zero attached hydrogens (tertiary/aromatic N) is 1. The van der Waals surface area contributed by atoms with E-state index in [2.05, 4.69) is 15.9 Å². The minimum atomic E-state index is -0.212. The Balaban J connectivity index is 2.34. The first-order valence-corrected chi connectivity index (χ1v) is 5.90. The number of benzene rings is 1. The lowest BCUT2D eigenvalue weighted by Gasteiger charge is -2.04. The summed E-state index contributed by atoms with van der Waals surface area (Å²) in [5.74, 6) is -0.212. The van der Waals surface area contributed by atoms with Gasteiger partial charge in [0.25, 0.3) is 0 Å².